The number of carboxylic acids is 1. The summed E-state index contributed by atoms with van der Waals surface area (Å²) in [4.78, 5) is 24.4. The van der Waals surface area contributed by atoms with Gasteiger partial charge in [0.05, 0.1) is 13.2 Å². The molecule has 1 amide bonds. The van der Waals surface area contributed by atoms with Crippen LogP contribution in [0.15, 0.2) is 30.3 Å². The monoisotopic (exact) mass is 264 g/mol. The maximum atomic E-state index is 11.8. The number of hydrogen-bond acceptors (Lipinski definition) is 4. The van der Waals surface area contributed by atoms with Crippen molar-refractivity contribution in [1.82, 2.24) is 4.90 Å². The van der Waals surface area contributed by atoms with Gasteiger partial charge in [0.2, 0.25) is 5.91 Å². The first-order valence-electron chi connectivity index (χ1n) is 6.07. The second-order valence-corrected chi connectivity index (χ2v) is 4.35. The van der Waals surface area contributed by atoms with Gasteiger partial charge in [-0.2, -0.15) is 0 Å². The molecule has 6 nitrogen and oxygen atoms in total. The number of amides is 1. The molecule has 102 valence electrons. The number of aliphatic carboxylic acids is 1. The Morgan fingerprint density at radius 1 is 1.37 bits per heavy atom. The Labute approximate surface area is 111 Å². The molecule has 2 N–H and O–H groups in total. The first-order chi connectivity index (χ1) is 9.15. The van der Waals surface area contributed by atoms with Crippen molar-refractivity contribution >= 4 is 17.6 Å². The molecule has 2 rings (SSSR count). The molecule has 0 spiro atoms. The summed E-state index contributed by atoms with van der Waals surface area (Å²) in [5.74, 6) is -1.15. The molecular formula is C13H16N2O4. The van der Waals surface area contributed by atoms with Gasteiger partial charge in [-0.25, -0.2) is 4.79 Å². The summed E-state index contributed by atoms with van der Waals surface area (Å²) in [5.41, 5.74) is 0.732. The number of benzene rings is 1. The molecule has 1 atom stereocenters. The van der Waals surface area contributed by atoms with Gasteiger partial charge < -0.3 is 15.2 Å². The lowest BCUT2D eigenvalue weighted by molar-refractivity contribution is -0.156. The van der Waals surface area contributed by atoms with Crippen molar-refractivity contribution in [2.24, 2.45) is 0 Å². The molecule has 1 aromatic rings. The number of hydrogen-bond donors (Lipinski definition) is 2. The molecule has 19 heavy (non-hydrogen) atoms. The third kappa shape index (κ3) is 4.04. The molecule has 1 unspecified atom stereocenters. The number of ether oxygens (including phenoxy) is 1. The van der Waals surface area contributed by atoms with E-state index in [0.29, 0.717) is 13.2 Å². The van der Waals surface area contributed by atoms with Crippen LogP contribution in [-0.4, -0.2) is 54.2 Å². The molecule has 1 aliphatic heterocycles. The van der Waals surface area contributed by atoms with Crippen molar-refractivity contribution in [2.45, 2.75) is 6.10 Å². The highest BCUT2D eigenvalue weighted by molar-refractivity contribution is 5.92. The topological polar surface area (TPSA) is 78.9 Å². The number of anilines is 1. The number of para-hydroxylation sites is 1. The summed E-state index contributed by atoms with van der Waals surface area (Å²) < 4.78 is 5.10. The van der Waals surface area contributed by atoms with Gasteiger partial charge in [-0.15, -0.1) is 0 Å². The van der Waals surface area contributed by atoms with Crippen molar-refractivity contribution < 1.29 is 19.4 Å². The maximum absolute atomic E-state index is 11.8. The molecular weight excluding hydrogens is 248 g/mol. The third-order valence-corrected chi connectivity index (χ3v) is 2.85. The van der Waals surface area contributed by atoms with E-state index in [-0.39, 0.29) is 19.0 Å². The SMILES string of the molecule is O=C(CN1CCOC(C(=O)O)C1)Nc1ccccc1. The minimum absolute atomic E-state index is 0.155. The quantitative estimate of drug-likeness (QED) is 0.823. The van der Waals surface area contributed by atoms with E-state index in [1.54, 1.807) is 17.0 Å². The van der Waals surface area contributed by atoms with Crippen LogP contribution in [0.5, 0.6) is 0 Å². The van der Waals surface area contributed by atoms with Gasteiger partial charge in [-0.3, -0.25) is 9.69 Å². The van der Waals surface area contributed by atoms with Crippen LogP contribution in [0.4, 0.5) is 5.69 Å². The fourth-order valence-electron chi connectivity index (χ4n) is 1.92. The molecule has 0 aromatic heterocycles. The van der Waals surface area contributed by atoms with E-state index in [0.717, 1.165) is 5.69 Å². The third-order valence-electron chi connectivity index (χ3n) is 2.85. The molecule has 0 bridgehead atoms. The molecule has 1 heterocycles. The molecule has 0 saturated carbocycles. The second-order valence-electron chi connectivity index (χ2n) is 4.35. The standard InChI is InChI=1S/C13H16N2O4/c16-12(14-10-4-2-1-3-5-10)9-15-6-7-19-11(8-15)13(17)18/h1-5,11H,6-9H2,(H,14,16)(H,17,18). The average Bonchev–Trinajstić information content (AvgIpc) is 2.40. The Morgan fingerprint density at radius 2 is 2.11 bits per heavy atom. The summed E-state index contributed by atoms with van der Waals surface area (Å²) in [6.07, 6.45) is -0.849. The van der Waals surface area contributed by atoms with E-state index < -0.39 is 12.1 Å². The number of carbonyl (C=O) groups excluding carboxylic acids is 1. The second kappa shape index (κ2) is 6.31. The number of nitrogens with one attached hydrogen (secondary N) is 1. The summed E-state index contributed by atoms with van der Waals surface area (Å²) in [5, 5.41) is 11.6. The minimum atomic E-state index is -0.992. The molecule has 0 aliphatic carbocycles. The zero-order valence-corrected chi connectivity index (χ0v) is 10.4. The fraction of sp³-hybridized carbons (Fsp3) is 0.385. The highest BCUT2D eigenvalue weighted by Crippen LogP contribution is 2.07. The maximum Gasteiger partial charge on any atom is 0.334 e. The molecule has 0 radical (unpaired) electrons. The van der Waals surface area contributed by atoms with Crippen molar-refractivity contribution in [2.75, 3.05) is 31.6 Å². The summed E-state index contributed by atoms with van der Waals surface area (Å²) >= 11 is 0. The van der Waals surface area contributed by atoms with E-state index in [9.17, 15) is 9.59 Å². The first kappa shape index (κ1) is 13.5. The van der Waals surface area contributed by atoms with Crippen LogP contribution in [0.3, 0.4) is 0 Å². The van der Waals surface area contributed by atoms with Crippen LogP contribution < -0.4 is 5.32 Å². The number of carboxylic acid groups (broad SMARTS) is 1. The highest BCUT2D eigenvalue weighted by atomic mass is 16.5. The Bertz CT molecular complexity index is 449. The molecule has 1 saturated heterocycles. The minimum Gasteiger partial charge on any atom is -0.479 e. The van der Waals surface area contributed by atoms with Crippen LogP contribution in [0.1, 0.15) is 0 Å². The van der Waals surface area contributed by atoms with E-state index in [1.165, 1.54) is 0 Å². The number of morpholine rings is 1. The lowest BCUT2D eigenvalue weighted by Gasteiger charge is -2.30. The Kier molecular flexibility index (Phi) is 4.48. The molecule has 1 aliphatic rings. The number of carbonyl (C=O) groups is 2. The summed E-state index contributed by atoms with van der Waals surface area (Å²) in [7, 11) is 0. The van der Waals surface area contributed by atoms with Gasteiger partial charge in [-0.1, -0.05) is 18.2 Å². The average molecular weight is 264 g/mol. The van der Waals surface area contributed by atoms with Gasteiger partial charge in [0.1, 0.15) is 0 Å². The molecule has 1 fully saturated rings. The van der Waals surface area contributed by atoms with E-state index in [1.807, 2.05) is 18.2 Å². The largest absolute Gasteiger partial charge is 0.479 e. The van der Waals surface area contributed by atoms with Crippen LogP contribution in [0.2, 0.25) is 0 Å². The predicted molar refractivity (Wildman–Crippen MR) is 68.9 cm³/mol. The number of rotatable bonds is 4. The van der Waals surface area contributed by atoms with Crippen molar-refractivity contribution in [1.29, 1.82) is 0 Å². The number of nitrogens with zero attached hydrogens (tertiary/aromatic N) is 1. The van der Waals surface area contributed by atoms with E-state index >= 15 is 0 Å². The Hall–Kier alpha value is -1.92. The predicted octanol–water partition coefficient (Wildman–Crippen LogP) is 0.411. The van der Waals surface area contributed by atoms with Gasteiger partial charge in [-0.05, 0) is 12.1 Å². The normalized spacial score (nSPS) is 19.9. The van der Waals surface area contributed by atoms with Crippen molar-refractivity contribution in [3.8, 4) is 0 Å². The van der Waals surface area contributed by atoms with Gasteiger partial charge >= 0.3 is 5.97 Å². The highest BCUT2D eigenvalue weighted by Gasteiger charge is 2.27. The summed E-state index contributed by atoms with van der Waals surface area (Å²) in [6.45, 7) is 1.29. The zero-order chi connectivity index (χ0) is 13.7. The van der Waals surface area contributed by atoms with Crippen LogP contribution >= 0.6 is 0 Å². The van der Waals surface area contributed by atoms with E-state index in [2.05, 4.69) is 5.32 Å². The van der Waals surface area contributed by atoms with Crippen LogP contribution in [0, 0.1) is 0 Å². The lowest BCUT2D eigenvalue weighted by Crippen LogP contribution is -2.48. The van der Waals surface area contributed by atoms with Crippen molar-refractivity contribution in [3.63, 3.8) is 0 Å². The lowest BCUT2D eigenvalue weighted by atomic mass is 10.2. The van der Waals surface area contributed by atoms with Crippen LogP contribution in [0.25, 0.3) is 0 Å². The zero-order valence-electron chi connectivity index (χ0n) is 10.4. The van der Waals surface area contributed by atoms with Gasteiger partial charge in [0.15, 0.2) is 6.10 Å². The van der Waals surface area contributed by atoms with Gasteiger partial charge in [0, 0.05) is 18.8 Å². The smallest absolute Gasteiger partial charge is 0.334 e. The fourth-order valence-corrected chi connectivity index (χ4v) is 1.92. The van der Waals surface area contributed by atoms with Crippen molar-refractivity contribution in [3.05, 3.63) is 30.3 Å². The molecule has 1 aromatic carbocycles. The van der Waals surface area contributed by atoms with E-state index in [4.69, 9.17) is 9.84 Å². The Morgan fingerprint density at radius 3 is 2.79 bits per heavy atom. The Balaban J connectivity index is 1.83. The van der Waals surface area contributed by atoms with Crippen LogP contribution in [-0.2, 0) is 14.3 Å². The first-order valence-corrected chi connectivity index (χ1v) is 6.07. The van der Waals surface area contributed by atoms with Gasteiger partial charge in [0.25, 0.3) is 0 Å². The summed E-state index contributed by atoms with van der Waals surface area (Å²) in [6, 6.07) is 9.15. The molecule has 6 heteroatoms.